The lowest BCUT2D eigenvalue weighted by molar-refractivity contribution is -0.116. The summed E-state index contributed by atoms with van der Waals surface area (Å²) in [6, 6.07) is 14.0. The molecular weight excluding hydrogens is 365 g/mol. The minimum atomic E-state index is -0.374. The average Bonchev–Trinajstić information content (AvgIpc) is 3.18. The van der Waals surface area contributed by atoms with E-state index in [1.165, 1.54) is 34.1 Å². The Bertz CT molecular complexity index is 1010. The summed E-state index contributed by atoms with van der Waals surface area (Å²) in [5.41, 5.74) is 2.68. The molecule has 0 unspecified atom stereocenters. The number of rotatable bonds is 4. The Labute approximate surface area is 160 Å². The van der Waals surface area contributed by atoms with Crippen LogP contribution in [0.2, 0.25) is 0 Å². The Hall–Kier alpha value is -2.87. The number of para-hydroxylation sites is 1. The first-order chi connectivity index (χ1) is 13.0. The predicted molar refractivity (Wildman–Crippen MR) is 103 cm³/mol. The first-order valence-electron chi connectivity index (χ1n) is 8.54. The van der Waals surface area contributed by atoms with Crippen molar-refractivity contribution in [2.24, 2.45) is 0 Å². The van der Waals surface area contributed by atoms with E-state index in [0.29, 0.717) is 16.5 Å². The molecule has 0 aliphatic carbocycles. The van der Waals surface area contributed by atoms with Crippen LogP contribution in [-0.4, -0.2) is 32.6 Å². The van der Waals surface area contributed by atoms with Crippen LogP contribution in [0.3, 0.4) is 0 Å². The molecule has 0 saturated heterocycles. The summed E-state index contributed by atoms with van der Waals surface area (Å²) >= 11 is 1.22. The average molecular weight is 383 g/mol. The molecule has 3 aromatic rings. The van der Waals surface area contributed by atoms with E-state index in [9.17, 15) is 9.18 Å². The molecule has 2 N–H and O–H groups in total. The van der Waals surface area contributed by atoms with Gasteiger partial charge in [0.2, 0.25) is 11.1 Å². The number of aromatic nitrogens is 3. The molecule has 1 aliphatic heterocycles. The van der Waals surface area contributed by atoms with Crippen LogP contribution in [0.15, 0.2) is 53.7 Å². The molecule has 1 aromatic heterocycles. The molecule has 2 heterocycles. The molecule has 1 aliphatic rings. The lowest BCUT2D eigenvalue weighted by Gasteiger charge is -2.22. The van der Waals surface area contributed by atoms with Gasteiger partial charge in [0.05, 0.1) is 5.75 Å². The molecule has 138 valence electrons. The second kappa shape index (κ2) is 7.03. The number of carbonyl (C=O) groups is 1. The van der Waals surface area contributed by atoms with E-state index in [-0.39, 0.29) is 23.5 Å². The maximum absolute atomic E-state index is 13.4. The molecule has 1 amide bonds. The van der Waals surface area contributed by atoms with Crippen molar-refractivity contribution >= 4 is 23.4 Å². The first kappa shape index (κ1) is 17.5. The number of nitrogens with two attached hydrogens (primary N) is 1. The highest BCUT2D eigenvalue weighted by Crippen LogP contribution is 2.32. The molecule has 0 saturated carbocycles. The SMILES string of the molecule is C[C@H]1Cc2ccccc2N1C(=O)CSc1nnc(-c2cccc(F)c2)n1N. The van der Waals surface area contributed by atoms with Gasteiger partial charge in [0.1, 0.15) is 5.82 Å². The molecule has 8 heteroatoms. The fourth-order valence-corrected chi connectivity index (χ4v) is 4.06. The summed E-state index contributed by atoms with van der Waals surface area (Å²) in [5.74, 6) is 6.22. The molecule has 0 spiro atoms. The van der Waals surface area contributed by atoms with Gasteiger partial charge in [0.25, 0.3) is 0 Å². The Kier molecular flexibility index (Phi) is 4.57. The van der Waals surface area contributed by atoms with Crippen LogP contribution in [0.4, 0.5) is 10.1 Å². The van der Waals surface area contributed by atoms with Crippen molar-refractivity contribution in [2.45, 2.75) is 24.5 Å². The fourth-order valence-electron chi connectivity index (χ4n) is 3.34. The number of nitrogen functional groups attached to an aromatic ring is 1. The van der Waals surface area contributed by atoms with Crippen molar-refractivity contribution in [3.63, 3.8) is 0 Å². The van der Waals surface area contributed by atoms with E-state index in [4.69, 9.17) is 5.84 Å². The molecule has 6 nitrogen and oxygen atoms in total. The standard InChI is InChI=1S/C19H18FN5OS/c1-12-9-13-5-2-3-8-16(13)24(12)17(26)11-27-19-23-22-18(25(19)21)14-6-4-7-15(20)10-14/h2-8,10,12H,9,11,21H2,1H3/t12-/m0/s1. The highest BCUT2D eigenvalue weighted by Gasteiger charge is 2.30. The number of benzene rings is 2. The molecule has 0 radical (unpaired) electrons. The van der Waals surface area contributed by atoms with E-state index < -0.39 is 0 Å². The summed E-state index contributed by atoms with van der Waals surface area (Å²) in [7, 11) is 0. The van der Waals surface area contributed by atoms with Crippen molar-refractivity contribution < 1.29 is 9.18 Å². The second-order valence-electron chi connectivity index (χ2n) is 6.42. The van der Waals surface area contributed by atoms with Crippen LogP contribution < -0.4 is 10.7 Å². The number of fused-ring (bicyclic) bond motifs is 1. The Morgan fingerprint density at radius 3 is 2.89 bits per heavy atom. The number of nitrogens with zero attached hydrogens (tertiary/aromatic N) is 4. The van der Waals surface area contributed by atoms with Gasteiger partial charge in [0, 0.05) is 17.3 Å². The molecule has 0 fully saturated rings. The summed E-state index contributed by atoms with van der Waals surface area (Å²) in [4.78, 5) is 14.6. The van der Waals surface area contributed by atoms with Crippen LogP contribution >= 0.6 is 11.8 Å². The zero-order valence-corrected chi connectivity index (χ0v) is 15.5. The van der Waals surface area contributed by atoms with Crippen LogP contribution in [0, 0.1) is 5.82 Å². The largest absolute Gasteiger partial charge is 0.335 e. The third-order valence-corrected chi connectivity index (χ3v) is 5.48. The number of hydrogen-bond donors (Lipinski definition) is 1. The van der Waals surface area contributed by atoms with Gasteiger partial charge >= 0.3 is 0 Å². The maximum Gasteiger partial charge on any atom is 0.237 e. The van der Waals surface area contributed by atoms with Gasteiger partial charge in [-0.15, -0.1) is 10.2 Å². The van der Waals surface area contributed by atoms with Gasteiger partial charge in [0.15, 0.2) is 5.82 Å². The highest BCUT2D eigenvalue weighted by atomic mass is 32.2. The highest BCUT2D eigenvalue weighted by molar-refractivity contribution is 7.99. The summed E-state index contributed by atoms with van der Waals surface area (Å²) < 4.78 is 14.7. The first-order valence-corrected chi connectivity index (χ1v) is 9.52. The van der Waals surface area contributed by atoms with Crippen LogP contribution in [-0.2, 0) is 11.2 Å². The fraction of sp³-hybridized carbons (Fsp3) is 0.211. The predicted octanol–water partition coefficient (Wildman–Crippen LogP) is 2.87. The van der Waals surface area contributed by atoms with Crippen LogP contribution in [0.1, 0.15) is 12.5 Å². The second-order valence-corrected chi connectivity index (χ2v) is 7.36. The molecule has 1 atom stereocenters. The van der Waals surface area contributed by atoms with Crippen molar-refractivity contribution in [3.8, 4) is 11.4 Å². The van der Waals surface area contributed by atoms with Crippen LogP contribution in [0.25, 0.3) is 11.4 Å². The number of amides is 1. The zero-order valence-electron chi connectivity index (χ0n) is 14.7. The van der Waals surface area contributed by atoms with E-state index in [0.717, 1.165) is 12.1 Å². The van der Waals surface area contributed by atoms with E-state index in [2.05, 4.69) is 10.2 Å². The molecule has 27 heavy (non-hydrogen) atoms. The van der Waals surface area contributed by atoms with E-state index >= 15 is 0 Å². The minimum Gasteiger partial charge on any atom is -0.335 e. The number of carbonyl (C=O) groups excluding carboxylic acids is 1. The number of halogens is 1. The van der Waals surface area contributed by atoms with Gasteiger partial charge in [-0.05, 0) is 37.1 Å². The summed E-state index contributed by atoms with van der Waals surface area (Å²) in [5, 5.41) is 8.48. The minimum absolute atomic E-state index is 0.00671. The maximum atomic E-state index is 13.4. The lowest BCUT2D eigenvalue weighted by Crippen LogP contribution is -2.37. The molecule has 0 bridgehead atoms. The van der Waals surface area contributed by atoms with Crippen molar-refractivity contribution in [1.82, 2.24) is 14.9 Å². The lowest BCUT2D eigenvalue weighted by atomic mass is 10.1. The summed E-state index contributed by atoms with van der Waals surface area (Å²) in [6.45, 7) is 2.04. The van der Waals surface area contributed by atoms with Crippen LogP contribution in [0.5, 0.6) is 0 Å². The number of thioether (sulfide) groups is 1. The molecule has 4 rings (SSSR count). The molecule has 2 aromatic carbocycles. The zero-order chi connectivity index (χ0) is 19.0. The third-order valence-electron chi connectivity index (χ3n) is 4.55. The monoisotopic (exact) mass is 383 g/mol. The van der Waals surface area contributed by atoms with E-state index in [1.54, 1.807) is 12.1 Å². The summed E-state index contributed by atoms with van der Waals surface area (Å²) in [6.07, 6.45) is 0.851. The third kappa shape index (κ3) is 3.28. The topological polar surface area (TPSA) is 77.0 Å². The molecular formula is C19H18FN5OS. The van der Waals surface area contributed by atoms with Gasteiger partial charge in [-0.25, -0.2) is 9.07 Å². The van der Waals surface area contributed by atoms with Crippen molar-refractivity contribution in [3.05, 3.63) is 59.9 Å². The van der Waals surface area contributed by atoms with E-state index in [1.807, 2.05) is 36.1 Å². The van der Waals surface area contributed by atoms with Gasteiger partial charge in [-0.2, -0.15) is 0 Å². The number of hydrogen-bond acceptors (Lipinski definition) is 5. The van der Waals surface area contributed by atoms with Gasteiger partial charge < -0.3 is 10.7 Å². The smallest absolute Gasteiger partial charge is 0.237 e. The van der Waals surface area contributed by atoms with Gasteiger partial charge in [-0.3, -0.25) is 4.79 Å². The normalized spacial score (nSPS) is 15.8. The Morgan fingerprint density at radius 2 is 2.07 bits per heavy atom. The van der Waals surface area contributed by atoms with Crippen molar-refractivity contribution in [1.29, 1.82) is 0 Å². The Balaban J connectivity index is 1.49. The van der Waals surface area contributed by atoms with Gasteiger partial charge in [-0.1, -0.05) is 42.1 Å². The number of anilines is 1. The van der Waals surface area contributed by atoms with Crippen molar-refractivity contribution in [2.75, 3.05) is 16.5 Å². The Morgan fingerprint density at radius 1 is 1.26 bits per heavy atom. The quantitative estimate of drug-likeness (QED) is 0.554.